The third-order valence-electron chi connectivity index (χ3n) is 3.05. The van der Waals surface area contributed by atoms with Crippen LogP contribution in [0.15, 0.2) is 48.8 Å². The number of carboxylic acids is 1. The number of hydrogen-bond donors (Lipinski definition) is 2. The molecule has 106 valence electrons. The van der Waals surface area contributed by atoms with Crippen LogP contribution in [-0.2, 0) is 6.61 Å². The first-order valence-corrected chi connectivity index (χ1v) is 6.32. The topological polar surface area (TPSA) is 89.9 Å². The third kappa shape index (κ3) is 2.64. The van der Waals surface area contributed by atoms with Gasteiger partial charge in [0, 0.05) is 12.4 Å². The molecule has 0 aliphatic carbocycles. The summed E-state index contributed by atoms with van der Waals surface area (Å²) in [7, 11) is 0. The Kier molecular flexibility index (Phi) is 3.19. The standard InChI is InChI=1S/C15H13N3O3/c16-12-5-4-10(15(19)20)7-13(12)21-9-11-8-18-6-2-1-3-14(18)17-11/h1-8H,9,16H2,(H,19,20). The summed E-state index contributed by atoms with van der Waals surface area (Å²) in [4.78, 5) is 15.3. The number of hydrogen-bond acceptors (Lipinski definition) is 4. The van der Waals surface area contributed by atoms with Gasteiger partial charge in [-0.2, -0.15) is 0 Å². The Morgan fingerprint density at radius 1 is 1.33 bits per heavy atom. The molecule has 6 heteroatoms. The molecule has 2 heterocycles. The molecule has 6 nitrogen and oxygen atoms in total. The van der Waals surface area contributed by atoms with Gasteiger partial charge >= 0.3 is 5.97 Å². The lowest BCUT2D eigenvalue weighted by molar-refractivity contribution is 0.0696. The number of aromatic carboxylic acids is 1. The number of rotatable bonds is 4. The summed E-state index contributed by atoms with van der Waals surface area (Å²) < 4.78 is 7.46. The summed E-state index contributed by atoms with van der Waals surface area (Å²) in [6.07, 6.45) is 3.75. The van der Waals surface area contributed by atoms with E-state index in [-0.39, 0.29) is 12.2 Å². The van der Waals surface area contributed by atoms with Crippen molar-refractivity contribution in [3.8, 4) is 5.75 Å². The Bertz CT molecular complexity index is 778. The van der Waals surface area contributed by atoms with Crippen LogP contribution in [0.25, 0.3) is 5.65 Å². The number of carbonyl (C=O) groups is 1. The van der Waals surface area contributed by atoms with Crippen LogP contribution in [0, 0.1) is 0 Å². The molecule has 0 saturated carbocycles. The highest BCUT2D eigenvalue weighted by Gasteiger charge is 2.09. The van der Waals surface area contributed by atoms with E-state index in [1.54, 1.807) is 0 Å². The molecule has 3 rings (SSSR count). The van der Waals surface area contributed by atoms with Crippen LogP contribution in [0.5, 0.6) is 5.75 Å². The number of benzene rings is 1. The SMILES string of the molecule is Nc1ccc(C(=O)O)cc1OCc1cn2ccccc2n1. The minimum atomic E-state index is -1.02. The molecule has 2 aromatic heterocycles. The van der Waals surface area contributed by atoms with Gasteiger partial charge in [-0.1, -0.05) is 6.07 Å². The Morgan fingerprint density at radius 3 is 2.95 bits per heavy atom. The van der Waals surface area contributed by atoms with Crippen LogP contribution in [0.1, 0.15) is 16.1 Å². The Labute approximate surface area is 120 Å². The number of fused-ring (bicyclic) bond motifs is 1. The van der Waals surface area contributed by atoms with Gasteiger partial charge in [0.15, 0.2) is 0 Å². The van der Waals surface area contributed by atoms with Gasteiger partial charge in [-0.15, -0.1) is 0 Å². The smallest absolute Gasteiger partial charge is 0.335 e. The third-order valence-corrected chi connectivity index (χ3v) is 3.05. The fraction of sp³-hybridized carbons (Fsp3) is 0.0667. The molecule has 0 saturated heterocycles. The van der Waals surface area contributed by atoms with E-state index in [4.69, 9.17) is 15.6 Å². The van der Waals surface area contributed by atoms with E-state index < -0.39 is 5.97 Å². The first-order chi connectivity index (χ1) is 10.1. The number of anilines is 1. The maximum absolute atomic E-state index is 10.9. The molecular weight excluding hydrogens is 270 g/mol. The second-order valence-electron chi connectivity index (χ2n) is 4.54. The maximum atomic E-state index is 10.9. The second-order valence-corrected chi connectivity index (χ2v) is 4.54. The number of pyridine rings is 1. The predicted molar refractivity (Wildman–Crippen MR) is 77.3 cm³/mol. The van der Waals surface area contributed by atoms with E-state index in [0.29, 0.717) is 11.4 Å². The molecule has 3 aromatic rings. The summed E-state index contributed by atoms with van der Waals surface area (Å²) in [5.74, 6) is -0.681. The summed E-state index contributed by atoms with van der Waals surface area (Å²) >= 11 is 0. The quantitative estimate of drug-likeness (QED) is 0.716. The molecule has 21 heavy (non-hydrogen) atoms. The number of nitrogen functional groups attached to an aromatic ring is 1. The number of nitrogens with zero attached hydrogens (tertiary/aromatic N) is 2. The Balaban J connectivity index is 1.80. The van der Waals surface area contributed by atoms with Crippen molar-refractivity contribution >= 4 is 17.3 Å². The van der Waals surface area contributed by atoms with Crippen molar-refractivity contribution in [2.75, 3.05) is 5.73 Å². The van der Waals surface area contributed by atoms with Crippen molar-refractivity contribution in [2.45, 2.75) is 6.61 Å². The molecular formula is C15H13N3O3. The number of imidazole rings is 1. The minimum absolute atomic E-state index is 0.134. The van der Waals surface area contributed by atoms with E-state index in [1.807, 2.05) is 35.0 Å². The van der Waals surface area contributed by atoms with Gasteiger partial charge in [-0.05, 0) is 30.3 Å². The molecule has 0 amide bonds. The number of carboxylic acid groups (broad SMARTS) is 1. The van der Waals surface area contributed by atoms with Crippen LogP contribution in [0.4, 0.5) is 5.69 Å². The Morgan fingerprint density at radius 2 is 2.19 bits per heavy atom. The molecule has 0 unspecified atom stereocenters. The molecule has 1 aromatic carbocycles. The van der Waals surface area contributed by atoms with Gasteiger partial charge in [0.1, 0.15) is 18.0 Å². The van der Waals surface area contributed by atoms with Gasteiger partial charge in [-0.25, -0.2) is 9.78 Å². The van der Waals surface area contributed by atoms with Gasteiger partial charge in [0.25, 0.3) is 0 Å². The molecule has 0 spiro atoms. The van der Waals surface area contributed by atoms with Gasteiger partial charge in [0.05, 0.1) is 16.9 Å². The van der Waals surface area contributed by atoms with Gasteiger partial charge < -0.3 is 20.0 Å². The van der Waals surface area contributed by atoms with Crippen LogP contribution in [0.3, 0.4) is 0 Å². The van der Waals surface area contributed by atoms with Crippen LogP contribution < -0.4 is 10.5 Å². The summed E-state index contributed by atoms with van der Waals surface area (Å²) in [5, 5.41) is 8.97. The fourth-order valence-corrected chi connectivity index (χ4v) is 2.00. The second kappa shape index (κ2) is 5.16. The number of aromatic nitrogens is 2. The van der Waals surface area contributed by atoms with E-state index >= 15 is 0 Å². The van der Waals surface area contributed by atoms with Crippen LogP contribution in [0.2, 0.25) is 0 Å². The van der Waals surface area contributed by atoms with Crippen LogP contribution >= 0.6 is 0 Å². The lowest BCUT2D eigenvalue weighted by Crippen LogP contribution is -2.02. The summed E-state index contributed by atoms with van der Waals surface area (Å²) in [6, 6.07) is 10.1. The largest absolute Gasteiger partial charge is 0.485 e. The number of nitrogens with two attached hydrogens (primary N) is 1. The average molecular weight is 283 g/mol. The number of ether oxygens (including phenoxy) is 1. The maximum Gasteiger partial charge on any atom is 0.335 e. The van der Waals surface area contributed by atoms with E-state index in [0.717, 1.165) is 11.3 Å². The van der Waals surface area contributed by atoms with Crippen molar-refractivity contribution in [1.29, 1.82) is 0 Å². The zero-order valence-electron chi connectivity index (χ0n) is 11.1. The monoisotopic (exact) mass is 283 g/mol. The molecule has 0 radical (unpaired) electrons. The first kappa shape index (κ1) is 13.0. The van der Waals surface area contributed by atoms with Crippen molar-refractivity contribution in [3.63, 3.8) is 0 Å². The molecule has 0 aliphatic rings. The highest BCUT2D eigenvalue weighted by Crippen LogP contribution is 2.23. The van der Waals surface area contributed by atoms with Gasteiger partial charge in [-0.3, -0.25) is 0 Å². The lowest BCUT2D eigenvalue weighted by atomic mass is 10.2. The van der Waals surface area contributed by atoms with Crippen molar-refractivity contribution in [3.05, 3.63) is 60.0 Å². The molecule has 0 fully saturated rings. The van der Waals surface area contributed by atoms with Crippen LogP contribution in [-0.4, -0.2) is 20.5 Å². The highest BCUT2D eigenvalue weighted by molar-refractivity contribution is 5.89. The van der Waals surface area contributed by atoms with Crippen molar-refractivity contribution in [1.82, 2.24) is 9.38 Å². The van der Waals surface area contributed by atoms with E-state index in [9.17, 15) is 4.79 Å². The summed E-state index contributed by atoms with van der Waals surface area (Å²) in [5.41, 5.74) is 7.87. The van der Waals surface area contributed by atoms with E-state index in [1.165, 1.54) is 18.2 Å². The van der Waals surface area contributed by atoms with Crippen molar-refractivity contribution in [2.24, 2.45) is 0 Å². The molecule has 0 bridgehead atoms. The lowest BCUT2D eigenvalue weighted by Gasteiger charge is -2.08. The highest BCUT2D eigenvalue weighted by atomic mass is 16.5. The average Bonchev–Trinajstić information content (AvgIpc) is 2.89. The zero-order valence-corrected chi connectivity index (χ0v) is 11.1. The Hall–Kier alpha value is -3.02. The van der Waals surface area contributed by atoms with Gasteiger partial charge in [0.2, 0.25) is 0 Å². The van der Waals surface area contributed by atoms with Crippen molar-refractivity contribution < 1.29 is 14.6 Å². The minimum Gasteiger partial charge on any atom is -0.485 e. The predicted octanol–water partition coefficient (Wildman–Crippen LogP) is 2.19. The first-order valence-electron chi connectivity index (χ1n) is 6.32. The molecule has 0 atom stereocenters. The zero-order chi connectivity index (χ0) is 14.8. The normalized spacial score (nSPS) is 10.7. The fourth-order valence-electron chi connectivity index (χ4n) is 2.00. The molecule has 3 N–H and O–H groups in total. The van der Waals surface area contributed by atoms with E-state index in [2.05, 4.69) is 4.98 Å². The molecule has 0 aliphatic heterocycles. The summed E-state index contributed by atoms with van der Waals surface area (Å²) in [6.45, 7) is 0.217.